The van der Waals surface area contributed by atoms with Crippen LogP contribution in [-0.4, -0.2) is 29.2 Å². The Hall–Kier alpha value is -2.49. The van der Waals surface area contributed by atoms with Crippen LogP contribution in [0, 0.1) is 0 Å². The van der Waals surface area contributed by atoms with E-state index in [-0.39, 0.29) is 5.75 Å². The van der Waals surface area contributed by atoms with E-state index in [9.17, 15) is 5.11 Å². The lowest BCUT2D eigenvalue weighted by Gasteiger charge is -2.13. The van der Waals surface area contributed by atoms with Gasteiger partial charge in [-0.1, -0.05) is 12.1 Å². The molecule has 0 saturated heterocycles. The highest BCUT2D eigenvalue weighted by atomic mass is 16.3. The van der Waals surface area contributed by atoms with Crippen molar-refractivity contribution in [2.24, 2.45) is 0 Å². The van der Waals surface area contributed by atoms with Gasteiger partial charge < -0.3 is 15.0 Å². The molecule has 1 aromatic heterocycles. The zero-order valence-electron chi connectivity index (χ0n) is 10.9. The standard InChI is InChI=1S/C15H15N3O/c1-18(2)10-7-8-14(19)11(9-10)15-16-12-5-3-4-6-13(12)17-15/h3-9,19H,1-2H3,(H,16,17). The van der Waals surface area contributed by atoms with Crippen molar-refractivity contribution in [1.29, 1.82) is 0 Å². The number of H-pyrrole nitrogens is 1. The number of aromatic amines is 1. The molecule has 2 aromatic carbocycles. The summed E-state index contributed by atoms with van der Waals surface area (Å²) in [5.74, 6) is 0.909. The lowest BCUT2D eigenvalue weighted by Crippen LogP contribution is -2.08. The van der Waals surface area contributed by atoms with Gasteiger partial charge >= 0.3 is 0 Å². The Bertz CT molecular complexity index is 698. The number of anilines is 1. The predicted molar refractivity (Wildman–Crippen MR) is 77.5 cm³/mol. The third-order valence-corrected chi connectivity index (χ3v) is 3.14. The summed E-state index contributed by atoms with van der Waals surface area (Å²) < 4.78 is 0. The van der Waals surface area contributed by atoms with Gasteiger partial charge in [0.2, 0.25) is 0 Å². The van der Waals surface area contributed by atoms with Gasteiger partial charge in [-0.15, -0.1) is 0 Å². The molecule has 0 unspecified atom stereocenters. The van der Waals surface area contributed by atoms with Crippen molar-refractivity contribution in [1.82, 2.24) is 9.97 Å². The molecular weight excluding hydrogens is 238 g/mol. The van der Waals surface area contributed by atoms with Gasteiger partial charge in [0.05, 0.1) is 16.6 Å². The molecule has 0 saturated carbocycles. The SMILES string of the molecule is CN(C)c1ccc(O)c(-c2nc3ccccc3[nH]2)c1. The van der Waals surface area contributed by atoms with Crippen LogP contribution < -0.4 is 4.90 Å². The van der Waals surface area contributed by atoms with Crippen molar-refractivity contribution >= 4 is 16.7 Å². The first-order chi connectivity index (χ1) is 9.15. The van der Waals surface area contributed by atoms with Crippen molar-refractivity contribution in [3.05, 3.63) is 42.5 Å². The van der Waals surface area contributed by atoms with E-state index >= 15 is 0 Å². The van der Waals surface area contributed by atoms with E-state index < -0.39 is 0 Å². The van der Waals surface area contributed by atoms with E-state index in [1.54, 1.807) is 6.07 Å². The third kappa shape index (κ3) is 2.01. The summed E-state index contributed by atoms with van der Waals surface area (Å²) in [5, 5.41) is 10.0. The van der Waals surface area contributed by atoms with Crippen molar-refractivity contribution < 1.29 is 5.11 Å². The summed E-state index contributed by atoms with van der Waals surface area (Å²) in [6.45, 7) is 0. The fraction of sp³-hybridized carbons (Fsp3) is 0.133. The molecule has 0 bridgehead atoms. The van der Waals surface area contributed by atoms with Crippen LogP contribution in [0.3, 0.4) is 0 Å². The average Bonchev–Trinajstić information content (AvgIpc) is 2.82. The fourth-order valence-electron chi connectivity index (χ4n) is 2.07. The van der Waals surface area contributed by atoms with Gasteiger partial charge in [0.25, 0.3) is 0 Å². The van der Waals surface area contributed by atoms with Gasteiger partial charge in [-0.05, 0) is 30.3 Å². The highest BCUT2D eigenvalue weighted by molar-refractivity contribution is 5.81. The van der Waals surface area contributed by atoms with Crippen LogP contribution in [0.2, 0.25) is 0 Å². The second-order valence-electron chi connectivity index (χ2n) is 4.70. The molecule has 0 atom stereocenters. The molecule has 19 heavy (non-hydrogen) atoms. The molecule has 96 valence electrons. The summed E-state index contributed by atoms with van der Waals surface area (Å²) in [4.78, 5) is 9.73. The molecule has 0 spiro atoms. The van der Waals surface area contributed by atoms with Gasteiger partial charge in [0.1, 0.15) is 11.6 Å². The Kier molecular flexibility index (Phi) is 2.63. The molecule has 2 N–H and O–H groups in total. The summed E-state index contributed by atoms with van der Waals surface area (Å²) >= 11 is 0. The minimum absolute atomic E-state index is 0.227. The van der Waals surface area contributed by atoms with E-state index in [2.05, 4.69) is 9.97 Å². The number of para-hydroxylation sites is 2. The molecule has 0 aliphatic heterocycles. The van der Waals surface area contributed by atoms with Gasteiger partial charge in [0.15, 0.2) is 0 Å². The highest BCUT2D eigenvalue weighted by Gasteiger charge is 2.10. The molecule has 4 nitrogen and oxygen atoms in total. The summed E-state index contributed by atoms with van der Waals surface area (Å²) in [6.07, 6.45) is 0. The first-order valence-corrected chi connectivity index (χ1v) is 6.10. The van der Waals surface area contributed by atoms with Crippen LogP contribution in [0.25, 0.3) is 22.4 Å². The quantitative estimate of drug-likeness (QED) is 0.738. The summed E-state index contributed by atoms with van der Waals surface area (Å²) in [6, 6.07) is 13.3. The Balaban J connectivity index is 2.17. The lowest BCUT2D eigenvalue weighted by atomic mass is 10.1. The number of phenols is 1. The minimum Gasteiger partial charge on any atom is -0.507 e. The number of hydrogen-bond donors (Lipinski definition) is 2. The normalized spacial score (nSPS) is 10.8. The van der Waals surface area contributed by atoms with Crippen molar-refractivity contribution in [3.8, 4) is 17.1 Å². The smallest absolute Gasteiger partial charge is 0.142 e. The Morgan fingerprint density at radius 3 is 2.63 bits per heavy atom. The van der Waals surface area contributed by atoms with E-state index in [1.807, 2.05) is 55.4 Å². The number of aromatic nitrogens is 2. The zero-order valence-corrected chi connectivity index (χ0v) is 10.9. The number of phenolic OH excluding ortho intramolecular Hbond substituents is 1. The number of aromatic hydroxyl groups is 1. The molecule has 0 aliphatic carbocycles. The summed E-state index contributed by atoms with van der Waals surface area (Å²) in [5.41, 5.74) is 3.59. The number of nitrogens with zero attached hydrogens (tertiary/aromatic N) is 2. The minimum atomic E-state index is 0.227. The zero-order chi connectivity index (χ0) is 13.4. The molecule has 4 heteroatoms. The van der Waals surface area contributed by atoms with Gasteiger partial charge in [-0.25, -0.2) is 4.98 Å². The number of imidazole rings is 1. The largest absolute Gasteiger partial charge is 0.507 e. The highest BCUT2D eigenvalue weighted by Crippen LogP contribution is 2.31. The number of rotatable bonds is 2. The van der Waals surface area contributed by atoms with Crippen molar-refractivity contribution in [2.45, 2.75) is 0 Å². The maximum absolute atomic E-state index is 10.0. The van der Waals surface area contributed by atoms with Gasteiger partial charge in [-0.3, -0.25) is 0 Å². The van der Waals surface area contributed by atoms with Crippen LogP contribution in [0.15, 0.2) is 42.5 Å². The molecule has 0 fully saturated rings. The first kappa shape index (κ1) is 11.6. The van der Waals surface area contributed by atoms with Crippen LogP contribution in [0.5, 0.6) is 5.75 Å². The molecule has 3 rings (SSSR count). The Labute approximate surface area is 111 Å². The molecule has 0 aliphatic rings. The maximum atomic E-state index is 10.0. The maximum Gasteiger partial charge on any atom is 0.142 e. The fourth-order valence-corrected chi connectivity index (χ4v) is 2.07. The van der Waals surface area contributed by atoms with Crippen LogP contribution >= 0.6 is 0 Å². The predicted octanol–water partition coefficient (Wildman–Crippen LogP) is 3.00. The molecule has 1 heterocycles. The molecule has 3 aromatic rings. The molecule has 0 amide bonds. The topological polar surface area (TPSA) is 52.1 Å². The lowest BCUT2D eigenvalue weighted by molar-refractivity contribution is 0.477. The number of benzene rings is 2. The average molecular weight is 253 g/mol. The molecule has 0 radical (unpaired) electrons. The van der Waals surface area contributed by atoms with Gasteiger partial charge in [-0.2, -0.15) is 0 Å². The number of hydrogen-bond acceptors (Lipinski definition) is 3. The van der Waals surface area contributed by atoms with E-state index in [0.29, 0.717) is 11.4 Å². The first-order valence-electron chi connectivity index (χ1n) is 6.10. The Morgan fingerprint density at radius 1 is 1.11 bits per heavy atom. The second-order valence-corrected chi connectivity index (χ2v) is 4.70. The second kappa shape index (κ2) is 4.31. The van der Waals surface area contributed by atoms with Crippen LogP contribution in [-0.2, 0) is 0 Å². The monoisotopic (exact) mass is 253 g/mol. The van der Waals surface area contributed by atoms with Crippen molar-refractivity contribution in [2.75, 3.05) is 19.0 Å². The van der Waals surface area contributed by atoms with E-state index in [4.69, 9.17) is 0 Å². The van der Waals surface area contributed by atoms with E-state index in [1.165, 1.54) is 0 Å². The summed E-state index contributed by atoms with van der Waals surface area (Å²) in [7, 11) is 3.93. The van der Waals surface area contributed by atoms with Crippen LogP contribution in [0.1, 0.15) is 0 Å². The number of nitrogens with one attached hydrogen (secondary N) is 1. The Morgan fingerprint density at radius 2 is 1.89 bits per heavy atom. The van der Waals surface area contributed by atoms with Crippen molar-refractivity contribution in [3.63, 3.8) is 0 Å². The number of fused-ring (bicyclic) bond motifs is 1. The van der Waals surface area contributed by atoms with Crippen LogP contribution in [0.4, 0.5) is 5.69 Å². The molecular formula is C15H15N3O. The third-order valence-electron chi connectivity index (χ3n) is 3.14. The van der Waals surface area contributed by atoms with Gasteiger partial charge in [0, 0.05) is 19.8 Å². The van der Waals surface area contributed by atoms with E-state index in [0.717, 1.165) is 16.7 Å².